The number of aryl methyl sites for hydroxylation is 1. The third-order valence-corrected chi connectivity index (χ3v) is 5.62. The third kappa shape index (κ3) is 4.38. The van der Waals surface area contributed by atoms with E-state index in [2.05, 4.69) is 20.8 Å². The number of amides is 2. The number of H-pyrrole nitrogens is 1. The maximum absolute atomic E-state index is 13.7. The standard InChI is InChI=1S/C22H19FN4O2S/c1-13-5-4-6-14(9-13)10-19(28)25-20-16-11-18(30-22(16)27-26-20)21(29)24-12-15-7-2-3-8-17(15)23/h2-9,11H,10,12H2,1H3,(H,24,29)(H2,25,26,27,28). The summed E-state index contributed by atoms with van der Waals surface area (Å²) in [7, 11) is 0. The normalized spacial score (nSPS) is 10.9. The number of hydrogen-bond donors (Lipinski definition) is 3. The van der Waals surface area contributed by atoms with Gasteiger partial charge in [0.1, 0.15) is 10.6 Å². The fourth-order valence-electron chi connectivity index (χ4n) is 3.11. The number of rotatable bonds is 6. The Balaban J connectivity index is 1.43. The molecule has 2 heterocycles. The van der Waals surface area contributed by atoms with Crippen molar-refractivity contribution in [1.29, 1.82) is 0 Å². The molecule has 0 fully saturated rings. The van der Waals surface area contributed by atoms with Gasteiger partial charge in [-0.3, -0.25) is 14.7 Å². The van der Waals surface area contributed by atoms with Gasteiger partial charge >= 0.3 is 0 Å². The Morgan fingerprint density at radius 2 is 1.97 bits per heavy atom. The summed E-state index contributed by atoms with van der Waals surface area (Å²) < 4.78 is 13.7. The van der Waals surface area contributed by atoms with Gasteiger partial charge in [0.15, 0.2) is 5.82 Å². The molecule has 8 heteroatoms. The van der Waals surface area contributed by atoms with Crippen LogP contribution in [-0.4, -0.2) is 22.0 Å². The molecular formula is C22H19FN4O2S. The number of fused-ring (bicyclic) bond motifs is 1. The number of halogens is 1. The maximum atomic E-state index is 13.7. The van der Waals surface area contributed by atoms with Crippen molar-refractivity contribution in [2.24, 2.45) is 0 Å². The molecule has 0 spiro atoms. The number of benzene rings is 2. The van der Waals surface area contributed by atoms with E-state index in [9.17, 15) is 14.0 Å². The lowest BCUT2D eigenvalue weighted by atomic mass is 10.1. The predicted octanol–water partition coefficient (Wildman–Crippen LogP) is 4.18. The highest BCUT2D eigenvalue weighted by Crippen LogP contribution is 2.29. The van der Waals surface area contributed by atoms with Crippen LogP contribution < -0.4 is 10.6 Å². The van der Waals surface area contributed by atoms with Gasteiger partial charge in [-0.1, -0.05) is 48.0 Å². The Labute approximate surface area is 176 Å². The largest absolute Gasteiger partial charge is 0.347 e. The van der Waals surface area contributed by atoms with Gasteiger partial charge in [-0.2, -0.15) is 5.10 Å². The summed E-state index contributed by atoms with van der Waals surface area (Å²) in [6, 6.07) is 15.7. The highest BCUT2D eigenvalue weighted by Gasteiger charge is 2.17. The fourth-order valence-corrected chi connectivity index (χ4v) is 4.03. The van der Waals surface area contributed by atoms with Crippen LogP contribution in [0.4, 0.5) is 10.2 Å². The summed E-state index contributed by atoms with van der Waals surface area (Å²) >= 11 is 1.22. The van der Waals surface area contributed by atoms with Crippen molar-refractivity contribution in [2.45, 2.75) is 19.9 Å². The van der Waals surface area contributed by atoms with Crippen molar-refractivity contribution in [2.75, 3.05) is 5.32 Å². The molecule has 2 aromatic carbocycles. The van der Waals surface area contributed by atoms with Crippen molar-refractivity contribution in [1.82, 2.24) is 15.5 Å². The van der Waals surface area contributed by atoms with Gasteiger partial charge in [-0.15, -0.1) is 11.3 Å². The van der Waals surface area contributed by atoms with E-state index in [0.29, 0.717) is 26.5 Å². The second-order valence-corrected chi connectivity index (χ2v) is 7.97. The lowest BCUT2D eigenvalue weighted by molar-refractivity contribution is -0.115. The van der Waals surface area contributed by atoms with Crippen LogP contribution in [0.5, 0.6) is 0 Å². The van der Waals surface area contributed by atoms with E-state index in [0.717, 1.165) is 11.1 Å². The van der Waals surface area contributed by atoms with Crippen LogP contribution >= 0.6 is 11.3 Å². The molecular weight excluding hydrogens is 403 g/mol. The highest BCUT2D eigenvalue weighted by atomic mass is 32.1. The number of anilines is 1. The number of aromatic nitrogens is 2. The fraction of sp³-hybridized carbons (Fsp3) is 0.136. The first kappa shape index (κ1) is 19.8. The van der Waals surface area contributed by atoms with Crippen LogP contribution in [0.1, 0.15) is 26.4 Å². The molecule has 2 amide bonds. The van der Waals surface area contributed by atoms with E-state index in [1.807, 2.05) is 31.2 Å². The molecule has 0 saturated heterocycles. The molecule has 4 rings (SSSR count). The summed E-state index contributed by atoms with van der Waals surface area (Å²) in [5.74, 6) is -0.485. The van der Waals surface area contributed by atoms with E-state index in [-0.39, 0.29) is 30.6 Å². The highest BCUT2D eigenvalue weighted by molar-refractivity contribution is 7.20. The van der Waals surface area contributed by atoms with Crippen molar-refractivity contribution >= 4 is 39.2 Å². The Hall–Kier alpha value is -3.52. The van der Waals surface area contributed by atoms with Gasteiger partial charge in [0.05, 0.1) is 16.7 Å². The molecule has 2 aromatic heterocycles. The summed E-state index contributed by atoms with van der Waals surface area (Å²) in [5.41, 5.74) is 2.42. The lowest BCUT2D eigenvalue weighted by Gasteiger charge is -2.05. The van der Waals surface area contributed by atoms with E-state index < -0.39 is 0 Å². The molecule has 0 atom stereocenters. The Morgan fingerprint density at radius 3 is 2.77 bits per heavy atom. The van der Waals surface area contributed by atoms with Crippen LogP contribution in [-0.2, 0) is 17.8 Å². The molecule has 0 bridgehead atoms. The smallest absolute Gasteiger partial charge is 0.261 e. The van der Waals surface area contributed by atoms with Crippen LogP contribution in [0, 0.1) is 12.7 Å². The number of carbonyl (C=O) groups excluding carboxylic acids is 2. The van der Waals surface area contributed by atoms with Gasteiger partial charge in [0.2, 0.25) is 5.91 Å². The van der Waals surface area contributed by atoms with Crippen LogP contribution in [0.15, 0.2) is 54.6 Å². The third-order valence-electron chi connectivity index (χ3n) is 4.58. The maximum Gasteiger partial charge on any atom is 0.261 e. The number of nitrogens with zero attached hydrogens (tertiary/aromatic N) is 1. The monoisotopic (exact) mass is 422 g/mol. The summed E-state index contributed by atoms with van der Waals surface area (Å²) in [6.45, 7) is 2.07. The summed E-state index contributed by atoms with van der Waals surface area (Å²) in [5, 5.41) is 13.1. The van der Waals surface area contributed by atoms with Crippen molar-refractivity contribution < 1.29 is 14.0 Å². The number of hydrogen-bond acceptors (Lipinski definition) is 4. The van der Waals surface area contributed by atoms with E-state index in [4.69, 9.17) is 0 Å². The first-order chi connectivity index (χ1) is 14.5. The summed E-state index contributed by atoms with van der Waals surface area (Å²) in [4.78, 5) is 26.0. The zero-order chi connectivity index (χ0) is 21.1. The van der Waals surface area contributed by atoms with Crippen molar-refractivity contribution in [3.8, 4) is 0 Å². The lowest BCUT2D eigenvalue weighted by Crippen LogP contribution is -2.22. The molecule has 0 aliphatic heterocycles. The first-order valence-electron chi connectivity index (χ1n) is 9.34. The van der Waals surface area contributed by atoms with Gasteiger partial charge in [-0.25, -0.2) is 4.39 Å². The van der Waals surface area contributed by atoms with Crippen LogP contribution in [0.25, 0.3) is 10.2 Å². The molecule has 4 aromatic rings. The van der Waals surface area contributed by atoms with E-state index >= 15 is 0 Å². The Kier molecular flexibility index (Phi) is 5.58. The molecule has 6 nitrogen and oxygen atoms in total. The summed E-state index contributed by atoms with van der Waals surface area (Å²) in [6.07, 6.45) is 0.232. The predicted molar refractivity (Wildman–Crippen MR) is 115 cm³/mol. The number of carbonyl (C=O) groups is 2. The molecule has 0 saturated carbocycles. The topological polar surface area (TPSA) is 86.9 Å². The molecule has 0 aliphatic carbocycles. The minimum Gasteiger partial charge on any atom is -0.347 e. The number of thiophene rings is 1. The average molecular weight is 422 g/mol. The minimum absolute atomic E-state index is 0.0929. The second-order valence-electron chi connectivity index (χ2n) is 6.91. The molecule has 30 heavy (non-hydrogen) atoms. The molecule has 0 unspecified atom stereocenters. The van der Waals surface area contributed by atoms with Gasteiger partial charge in [0.25, 0.3) is 5.91 Å². The van der Waals surface area contributed by atoms with E-state index in [1.54, 1.807) is 24.3 Å². The quantitative estimate of drug-likeness (QED) is 0.436. The molecule has 0 radical (unpaired) electrons. The van der Waals surface area contributed by atoms with Crippen LogP contribution in [0.2, 0.25) is 0 Å². The van der Waals surface area contributed by atoms with Crippen LogP contribution in [0.3, 0.4) is 0 Å². The first-order valence-corrected chi connectivity index (χ1v) is 10.2. The van der Waals surface area contributed by atoms with Gasteiger partial charge < -0.3 is 10.6 Å². The SMILES string of the molecule is Cc1cccc(CC(=O)Nc2n[nH]c3sc(C(=O)NCc4ccccc4F)cc23)c1. The van der Waals surface area contributed by atoms with Crippen molar-refractivity contribution in [3.63, 3.8) is 0 Å². The Morgan fingerprint density at radius 1 is 1.13 bits per heavy atom. The zero-order valence-corrected chi connectivity index (χ0v) is 17.0. The number of nitrogens with one attached hydrogen (secondary N) is 3. The second kappa shape index (κ2) is 8.46. The average Bonchev–Trinajstić information content (AvgIpc) is 3.29. The minimum atomic E-state index is -0.362. The van der Waals surface area contributed by atoms with Crippen molar-refractivity contribution in [3.05, 3.63) is 82.0 Å². The number of aromatic amines is 1. The zero-order valence-electron chi connectivity index (χ0n) is 16.2. The molecule has 0 aliphatic rings. The van der Waals surface area contributed by atoms with Gasteiger partial charge in [0, 0.05) is 12.1 Å². The molecule has 152 valence electrons. The molecule has 3 N–H and O–H groups in total. The van der Waals surface area contributed by atoms with E-state index in [1.165, 1.54) is 17.4 Å². The van der Waals surface area contributed by atoms with Gasteiger partial charge in [-0.05, 0) is 24.6 Å². The Bertz CT molecular complexity index is 1230.